The van der Waals surface area contributed by atoms with Crippen LogP contribution in [-0.4, -0.2) is 38.4 Å². The van der Waals surface area contributed by atoms with Gasteiger partial charge in [0.1, 0.15) is 0 Å². The van der Waals surface area contributed by atoms with Gasteiger partial charge in [0.2, 0.25) is 0 Å². The predicted octanol–water partition coefficient (Wildman–Crippen LogP) is 2.51. The number of carbonyl (C=O) groups excluding carboxylic acids is 2. The van der Waals surface area contributed by atoms with Crippen LogP contribution in [0.25, 0.3) is 0 Å². The van der Waals surface area contributed by atoms with Crippen LogP contribution in [0.4, 0.5) is 5.69 Å². The van der Waals surface area contributed by atoms with Crippen LogP contribution in [0.15, 0.2) is 24.3 Å². The van der Waals surface area contributed by atoms with Crippen molar-refractivity contribution >= 4 is 27.4 Å². The van der Waals surface area contributed by atoms with Crippen molar-refractivity contribution in [3.8, 4) is 0 Å². The molecule has 0 aromatic heterocycles. The molecule has 1 saturated heterocycles. The van der Waals surface area contributed by atoms with Crippen LogP contribution in [-0.2, 0) is 24.2 Å². The second-order valence-corrected chi connectivity index (χ2v) is 8.84. The lowest BCUT2D eigenvalue weighted by Crippen LogP contribution is -2.22. The highest BCUT2D eigenvalue weighted by atomic mass is 32.2. The molecule has 2 rings (SSSR count). The molecule has 0 radical (unpaired) electrons. The van der Waals surface area contributed by atoms with Gasteiger partial charge in [-0.2, -0.15) is 0 Å². The van der Waals surface area contributed by atoms with Crippen LogP contribution in [0.5, 0.6) is 0 Å². The molecule has 1 aliphatic heterocycles. The molecular formula is C18H25NO5S. The van der Waals surface area contributed by atoms with Gasteiger partial charge in [-0.05, 0) is 42.4 Å². The van der Waals surface area contributed by atoms with Gasteiger partial charge < -0.3 is 10.1 Å². The van der Waals surface area contributed by atoms with Crippen molar-refractivity contribution < 1.29 is 22.7 Å². The fraction of sp³-hybridized carbons (Fsp3) is 0.556. The van der Waals surface area contributed by atoms with E-state index in [-0.39, 0.29) is 30.5 Å². The molecule has 1 aromatic carbocycles. The molecule has 7 heteroatoms. The molecule has 0 saturated carbocycles. The number of nitrogens with one attached hydrogen (secondary N) is 1. The van der Waals surface area contributed by atoms with Gasteiger partial charge in [-0.15, -0.1) is 0 Å². The summed E-state index contributed by atoms with van der Waals surface area (Å²) in [4.78, 5) is 23.6. The number of amides is 1. The molecule has 0 unspecified atom stereocenters. The first kappa shape index (κ1) is 19.4. The van der Waals surface area contributed by atoms with Crippen molar-refractivity contribution in [2.45, 2.75) is 39.0 Å². The Morgan fingerprint density at radius 1 is 1.28 bits per heavy atom. The maximum Gasteiger partial charge on any atom is 0.306 e. The molecule has 1 aliphatic rings. The van der Waals surface area contributed by atoms with E-state index < -0.39 is 21.7 Å². The highest BCUT2D eigenvalue weighted by Crippen LogP contribution is 2.22. The number of anilines is 1. The van der Waals surface area contributed by atoms with Gasteiger partial charge in [0.25, 0.3) is 5.91 Å². The average Bonchev–Trinajstić information content (AvgIpc) is 2.91. The van der Waals surface area contributed by atoms with Gasteiger partial charge in [-0.3, -0.25) is 9.59 Å². The number of ether oxygens (including phenoxy) is 1. The lowest BCUT2D eigenvalue weighted by molar-refractivity contribution is -0.148. The summed E-state index contributed by atoms with van der Waals surface area (Å²) in [5.74, 6) is -0.540. The zero-order valence-electron chi connectivity index (χ0n) is 14.7. The number of rotatable bonds is 7. The monoisotopic (exact) mass is 367 g/mol. The van der Waals surface area contributed by atoms with E-state index in [2.05, 4.69) is 19.2 Å². The zero-order valence-corrected chi connectivity index (χ0v) is 15.5. The molecule has 1 fully saturated rings. The Morgan fingerprint density at radius 2 is 1.96 bits per heavy atom. The van der Waals surface area contributed by atoms with Crippen LogP contribution in [0.2, 0.25) is 0 Å². The van der Waals surface area contributed by atoms with Gasteiger partial charge in [0.15, 0.2) is 16.4 Å². The Balaban J connectivity index is 1.74. The summed E-state index contributed by atoms with van der Waals surface area (Å²) in [5.41, 5.74) is 1.86. The topological polar surface area (TPSA) is 89.5 Å². The Morgan fingerprint density at radius 3 is 2.52 bits per heavy atom. The first-order valence-electron chi connectivity index (χ1n) is 8.55. The smallest absolute Gasteiger partial charge is 0.306 e. The normalized spacial score (nSPS) is 20.0. The van der Waals surface area contributed by atoms with Gasteiger partial charge in [0.05, 0.1) is 11.5 Å². The van der Waals surface area contributed by atoms with Crippen molar-refractivity contribution in [3.63, 3.8) is 0 Å². The van der Waals surface area contributed by atoms with Gasteiger partial charge in [0, 0.05) is 12.1 Å². The second kappa shape index (κ2) is 8.47. The molecule has 6 nitrogen and oxygen atoms in total. The van der Waals surface area contributed by atoms with Crippen molar-refractivity contribution in [2.24, 2.45) is 5.92 Å². The largest absolute Gasteiger partial charge is 0.456 e. The third-order valence-corrected chi connectivity index (χ3v) is 6.36. The minimum Gasteiger partial charge on any atom is -0.456 e. The number of hydrogen-bond donors (Lipinski definition) is 1. The van der Waals surface area contributed by atoms with E-state index in [4.69, 9.17) is 4.74 Å². The first-order chi connectivity index (χ1) is 11.8. The molecule has 1 amide bonds. The van der Waals surface area contributed by atoms with E-state index >= 15 is 0 Å². The third-order valence-electron chi connectivity index (χ3n) is 4.52. The maximum atomic E-state index is 11.8. The number of benzene rings is 1. The summed E-state index contributed by atoms with van der Waals surface area (Å²) in [6.07, 6.45) is 1.56. The molecule has 0 aliphatic carbocycles. The SMILES string of the molecule is CC[C@@H](C)c1ccc(NC(=O)COC(=O)C[C@H]2CCS(=O)(=O)C2)cc1. The highest BCUT2D eigenvalue weighted by Gasteiger charge is 2.29. The van der Waals surface area contributed by atoms with Crippen LogP contribution in [0, 0.1) is 5.92 Å². The number of sulfone groups is 1. The number of esters is 1. The van der Waals surface area contributed by atoms with Crippen molar-refractivity contribution in [3.05, 3.63) is 29.8 Å². The fourth-order valence-corrected chi connectivity index (χ4v) is 4.66. The predicted molar refractivity (Wildman–Crippen MR) is 96.1 cm³/mol. The van der Waals surface area contributed by atoms with Crippen LogP contribution >= 0.6 is 0 Å². The standard InChI is InChI=1S/C18H25NO5S/c1-3-13(2)15-4-6-16(7-5-15)19-17(20)11-24-18(21)10-14-8-9-25(22,23)12-14/h4-7,13-14H,3,8-12H2,1-2H3,(H,19,20)/t13-,14-/m1/s1. The average molecular weight is 367 g/mol. The van der Waals surface area contributed by atoms with Crippen molar-refractivity contribution in [2.75, 3.05) is 23.4 Å². The highest BCUT2D eigenvalue weighted by molar-refractivity contribution is 7.91. The molecule has 2 atom stereocenters. The van der Waals surface area contributed by atoms with E-state index in [0.29, 0.717) is 18.0 Å². The third kappa shape index (κ3) is 6.16. The first-order valence-corrected chi connectivity index (χ1v) is 10.4. The maximum absolute atomic E-state index is 11.8. The minimum absolute atomic E-state index is 0.0246. The molecule has 138 valence electrons. The lowest BCUT2D eigenvalue weighted by atomic mass is 9.99. The van der Waals surface area contributed by atoms with Crippen molar-refractivity contribution in [1.29, 1.82) is 0 Å². The summed E-state index contributed by atoms with van der Waals surface area (Å²) in [7, 11) is -3.01. The quantitative estimate of drug-likeness (QED) is 0.748. The Kier molecular flexibility index (Phi) is 6.58. The van der Waals surface area contributed by atoms with Gasteiger partial charge in [-0.25, -0.2) is 8.42 Å². The minimum atomic E-state index is -3.01. The number of carbonyl (C=O) groups is 2. The lowest BCUT2D eigenvalue weighted by Gasteiger charge is -2.11. The Bertz CT molecular complexity index is 711. The zero-order chi connectivity index (χ0) is 18.4. The summed E-state index contributed by atoms with van der Waals surface area (Å²) in [6, 6.07) is 7.59. The molecule has 0 bridgehead atoms. The van der Waals surface area contributed by atoms with E-state index in [9.17, 15) is 18.0 Å². The molecule has 1 aromatic rings. The number of hydrogen-bond acceptors (Lipinski definition) is 5. The fourth-order valence-electron chi connectivity index (χ4n) is 2.80. The molecule has 1 heterocycles. The molecule has 0 spiro atoms. The van der Waals surface area contributed by atoms with E-state index in [1.54, 1.807) is 0 Å². The molecule has 1 N–H and O–H groups in total. The van der Waals surface area contributed by atoms with Crippen LogP contribution < -0.4 is 5.32 Å². The summed E-state index contributed by atoms with van der Waals surface area (Å²) >= 11 is 0. The van der Waals surface area contributed by atoms with Gasteiger partial charge >= 0.3 is 5.97 Å². The van der Waals surface area contributed by atoms with E-state index in [0.717, 1.165) is 6.42 Å². The van der Waals surface area contributed by atoms with Crippen LogP contribution in [0.3, 0.4) is 0 Å². The summed E-state index contributed by atoms with van der Waals surface area (Å²) < 4.78 is 27.7. The second-order valence-electron chi connectivity index (χ2n) is 6.61. The van der Waals surface area contributed by atoms with Crippen LogP contribution in [0.1, 0.15) is 44.6 Å². The Labute approximate surface area is 148 Å². The van der Waals surface area contributed by atoms with E-state index in [1.807, 2.05) is 24.3 Å². The Hall–Kier alpha value is -1.89. The molecule has 25 heavy (non-hydrogen) atoms. The van der Waals surface area contributed by atoms with Gasteiger partial charge in [-0.1, -0.05) is 26.0 Å². The van der Waals surface area contributed by atoms with E-state index in [1.165, 1.54) is 5.56 Å². The molecular weight excluding hydrogens is 342 g/mol. The van der Waals surface area contributed by atoms with Crippen molar-refractivity contribution in [1.82, 2.24) is 0 Å². The summed E-state index contributed by atoms with van der Waals surface area (Å²) in [6.45, 7) is 3.89. The summed E-state index contributed by atoms with van der Waals surface area (Å²) in [5, 5.41) is 2.68.